The number of nitrogens with zero attached hydrogens (tertiary/aromatic N) is 1. The Labute approximate surface area is 291 Å². The van der Waals surface area contributed by atoms with Crippen molar-refractivity contribution < 1.29 is 30.7 Å². The highest BCUT2D eigenvalue weighted by molar-refractivity contribution is 6.13. The molecule has 0 fully saturated rings. The second-order valence-corrected chi connectivity index (χ2v) is 13.9. The van der Waals surface area contributed by atoms with Crippen LogP contribution in [0.15, 0.2) is 54.6 Å². The number of carboxylic acid groups (broad SMARTS) is 1. The van der Waals surface area contributed by atoms with Crippen LogP contribution in [0.3, 0.4) is 0 Å². The fraction of sp³-hybridized carbons (Fsp3) is 0.415. The van der Waals surface area contributed by atoms with Crippen molar-refractivity contribution in [2.75, 3.05) is 5.32 Å². The fourth-order valence-corrected chi connectivity index (χ4v) is 6.52. The van der Waals surface area contributed by atoms with Gasteiger partial charge in [0.15, 0.2) is 0 Å². The first kappa shape index (κ1) is 36.0. The van der Waals surface area contributed by atoms with Crippen LogP contribution in [-0.2, 0) is 4.79 Å². The highest BCUT2D eigenvalue weighted by atomic mass is 19.1. The summed E-state index contributed by atoms with van der Waals surface area (Å²) in [7, 11) is 0. The average Bonchev–Trinajstić information content (AvgIpc) is 3.35. The Balaban J connectivity index is 2.16. The monoisotopic (exact) mass is 671 g/mol. The molecule has 0 bridgehead atoms. The lowest BCUT2D eigenvalue weighted by Crippen LogP contribution is -2.25. The highest BCUT2D eigenvalue weighted by Gasteiger charge is 2.35. The van der Waals surface area contributed by atoms with Gasteiger partial charge in [0.2, 0.25) is 0 Å². The number of aryl methyl sites for hydroxylation is 4. The number of aromatic nitrogens is 1. The zero-order chi connectivity index (χ0) is 37.2. The number of halogens is 1. The van der Waals surface area contributed by atoms with Crippen molar-refractivity contribution in [1.82, 2.24) is 4.57 Å². The molecule has 262 valence electrons. The topological polar surface area (TPSA) is 112 Å². The van der Waals surface area contributed by atoms with E-state index in [4.69, 9.17) is 0 Å². The Kier molecular flexibility index (Phi) is 11.4. The summed E-state index contributed by atoms with van der Waals surface area (Å²) in [5.74, 6) is -2.22. The first-order valence-electron chi connectivity index (χ1n) is 17.4. The Morgan fingerprint density at radius 2 is 1.53 bits per heavy atom. The van der Waals surface area contributed by atoms with Gasteiger partial charge in [-0.3, -0.25) is 9.59 Å². The van der Waals surface area contributed by atoms with Crippen LogP contribution in [0, 0.1) is 46.4 Å². The number of aliphatic hydroxyl groups is 2. The second-order valence-electron chi connectivity index (χ2n) is 13.9. The van der Waals surface area contributed by atoms with Crippen molar-refractivity contribution in [1.29, 1.82) is 0 Å². The molecule has 8 heteroatoms. The lowest BCUT2D eigenvalue weighted by molar-refractivity contribution is -0.139. The highest BCUT2D eigenvalue weighted by Crippen LogP contribution is 2.48. The van der Waals surface area contributed by atoms with Crippen molar-refractivity contribution in [3.8, 4) is 22.4 Å². The molecule has 4 aromatic rings. The summed E-state index contributed by atoms with van der Waals surface area (Å²) < 4.78 is 26.4. The summed E-state index contributed by atoms with van der Waals surface area (Å²) in [4.78, 5) is 26.1. The second kappa shape index (κ2) is 15.5. The maximum absolute atomic E-state index is 14.9. The summed E-state index contributed by atoms with van der Waals surface area (Å²) in [6.45, 7) is 17.5. The number of carbonyl (C=O) groups is 2. The van der Waals surface area contributed by atoms with Gasteiger partial charge >= 0.3 is 5.97 Å². The van der Waals surface area contributed by atoms with E-state index in [9.17, 15) is 30.7 Å². The SMILES string of the molecule is [2H]C(C)(C[C@@H](O)C[C@@H](O)CC(=O)O)n1c(-c2ccc(F)cc2C)c(-c2cccc(C)c2C)c(C(=O)Nc2ccc(C)c(C)c2)c1C(C)C(C)C. The minimum atomic E-state index is -1.62. The van der Waals surface area contributed by atoms with Gasteiger partial charge in [0, 0.05) is 28.5 Å². The molecule has 0 saturated carbocycles. The van der Waals surface area contributed by atoms with Gasteiger partial charge in [-0.25, -0.2) is 4.39 Å². The van der Waals surface area contributed by atoms with Gasteiger partial charge in [-0.2, -0.15) is 0 Å². The van der Waals surface area contributed by atoms with E-state index in [-0.39, 0.29) is 30.6 Å². The van der Waals surface area contributed by atoms with Crippen molar-refractivity contribution in [3.05, 3.63) is 99.5 Å². The smallest absolute Gasteiger partial charge is 0.305 e. The van der Waals surface area contributed by atoms with E-state index < -0.39 is 36.4 Å². The number of nitrogens with one attached hydrogen (secondary N) is 1. The molecule has 1 aromatic heterocycles. The minimum absolute atomic E-state index is 0.0172. The number of hydrogen-bond donors (Lipinski definition) is 4. The summed E-state index contributed by atoms with van der Waals surface area (Å²) in [5.41, 5.74) is 8.82. The maximum Gasteiger partial charge on any atom is 0.305 e. The number of hydrogen-bond acceptors (Lipinski definition) is 4. The van der Waals surface area contributed by atoms with Gasteiger partial charge in [0.1, 0.15) is 5.82 Å². The molecule has 4 N–H and O–H groups in total. The average molecular weight is 672 g/mol. The molecule has 4 rings (SSSR count). The van der Waals surface area contributed by atoms with Crippen molar-refractivity contribution in [3.63, 3.8) is 0 Å². The van der Waals surface area contributed by atoms with Crippen LogP contribution in [0.25, 0.3) is 22.4 Å². The summed E-state index contributed by atoms with van der Waals surface area (Å²) >= 11 is 0. The van der Waals surface area contributed by atoms with Crippen LogP contribution in [0.4, 0.5) is 10.1 Å². The van der Waals surface area contributed by atoms with E-state index in [2.05, 4.69) is 5.32 Å². The number of aliphatic hydroxyl groups excluding tert-OH is 2. The zero-order valence-corrected chi connectivity index (χ0v) is 30.1. The van der Waals surface area contributed by atoms with E-state index >= 15 is 0 Å². The molecule has 1 amide bonds. The Morgan fingerprint density at radius 1 is 0.837 bits per heavy atom. The number of anilines is 1. The van der Waals surface area contributed by atoms with Gasteiger partial charge in [0.05, 0.1) is 31.3 Å². The third-order valence-electron chi connectivity index (χ3n) is 9.82. The van der Waals surface area contributed by atoms with Crippen molar-refractivity contribution >= 4 is 17.6 Å². The number of amides is 1. The third-order valence-corrected chi connectivity index (χ3v) is 9.82. The molecule has 49 heavy (non-hydrogen) atoms. The fourth-order valence-electron chi connectivity index (χ4n) is 6.52. The van der Waals surface area contributed by atoms with Crippen LogP contribution in [0.2, 0.25) is 0 Å². The molecule has 0 aliphatic heterocycles. The summed E-state index contributed by atoms with van der Waals surface area (Å²) in [5, 5.41) is 33.9. The Morgan fingerprint density at radius 3 is 2.14 bits per heavy atom. The van der Waals surface area contributed by atoms with E-state index in [1.54, 1.807) is 19.9 Å². The van der Waals surface area contributed by atoms with Crippen LogP contribution in [0.5, 0.6) is 0 Å². The number of carboxylic acids is 1. The minimum Gasteiger partial charge on any atom is -0.481 e. The van der Waals surface area contributed by atoms with Gasteiger partial charge < -0.3 is 25.2 Å². The summed E-state index contributed by atoms with van der Waals surface area (Å²) in [6.07, 6.45) is -3.51. The maximum atomic E-state index is 14.9. The molecule has 0 aliphatic carbocycles. The molecule has 1 heterocycles. The molecule has 0 radical (unpaired) electrons. The van der Waals surface area contributed by atoms with Crippen LogP contribution < -0.4 is 5.32 Å². The molecule has 0 saturated heterocycles. The van der Waals surface area contributed by atoms with E-state index in [1.807, 2.05) is 89.4 Å². The quantitative estimate of drug-likeness (QED) is 0.113. The first-order valence-corrected chi connectivity index (χ1v) is 16.9. The number of benzene rings is 3. The third kappa shape index (κ3) is 8.31. The Hall–Kier alpha value is -4.27. The van der Waals surface area contributed by atoms with Gasteiger partial charge in [-0.05, 0) is 130 Å². The molecule has 2 unspecified atom stereocenters. The molecule has 0 aliphatic rings. The number of carbonyl (C=O) groups excluding carboxylic acids is 1. The summed E-state index contributed by atoms with van der Waals surface area (Å²) in [6, 6.07) is 14.5. The van der Waals surface area contributed by atoms with Crippen LogP contribution in [0.1, 0.15) is 104 Å². The van der Waals surface area contributed by atoms with Crippen molar-refractivity contribution in [2.45, 2.75) is 106 Å². The molecule has 4 atom stereocenters. The van der Waals surface area contributed by atoms with E-state index in [0.717, 1.165) is 27.8 Å². The zero-order valence-electron chi connectivity index (χ0n) is 31.1. The molecular weight excluding hydrogens is 619 g/mol. The lowest BCUT2D eigenvalue weighted by Gasteiger charge is -2.28. The Bertz CT molecular complexity index is 1900. The molecule has 3 aromatic carbocycles. The van der Waals surface area contributed by atoms with E-state index in [0.29, 0.717) is 39.3 Å². The standard InChI is InChI=1S/C41H51FN2O5/c1-22(2)28(8)39-38(41(49)43-31-15-13-23(3)25(5)18-31)37(35-12-10-11-24(4)29(35)9)40(34-16-14-30(42)17-26(34)6)44(39)27(7)19-32(45)20-33(46)21-36(47)48/h10-18,22,27-28,32-33,45-46H,19-21H2,1-9H3,(H,43,49)(H,47,48)/t27?,28?,32-,33-/m1/s1/i27D. The first-order chi connectivity index (χ1) is 23.3. The van der Waals surface area contributed by atoms with Gasteiger partial charge in [0.25, 0.3) is 5.91 Å². The number of rotatable bonds is 13. The van der Waals surface area contributed by atoms with Gasteiger partial charge in [-0.15, -0.1) is 0 Å². The lowest BCUT2D eigenvalue weighted by atomic mass is 9.87. The van der Waals surface area contributed by atoms with Crippen LogP contribution in [-0.4, -0.2) is 44.0 Å². The molecule has 0 spiro atoms. The van der Waals surface area contributed by atoms with Gasteiger partial charge in [-0.1, -0.05) is 45.0 Å². The number of aliphatic carboxylic acids is 1. The predicted molar refractivity (Wildman–Crippen MR) is 195 cm³/mol. The normalized spacial score (nSPS) is 15.0. The molecular formula is C41H51FN2O5. The van der Waals surface area contributed by atoms with Crippen molar-refractivity contribution in [2.24, 2.45) is 5.92 Å². The molecule has 7 nitrogen and oxygen atoms in total. The largest absolute Gasteiger partial charge is 0.481 e. The van der Waals surface area contributed by atoms with Crippen LogP contribution >= 0.6 is 0 Å². The predicted octanol–water partition coefficient (Wildman–Crippen LogP) is 9.05. The van der Waals surface area contributed by atoms with E-state index in [1.165, 1.54) is 12.1 Å².